The Balaban J connectivity index is 2.36. The van der Waals surface area contributed by atoms with Crippen LogP contribution in [0, 0.1) is 10.1 Å². The van der Waals surface area contributed by atoms with Gasteiger partial charge in [0.05, 0.1) is 11.0 Å². The number of anilines is 2. The molecule has 0 aromatic heterocycles. The highest BCUT2D eigenvalue weighted by molar-refractivity contribution is 5.77. The van der Waals surface area contributed by atoms with Gasteiger partial charge in [0.1, 0.15) is 11.4 Å². The van der Waals surface area contributed by atoms with Crippen molar-refractivity contribution >= 4 is 17.1 Å². The predicted octanol–water partition coefficient (Wildman–Crippen LogP) is 1.86. The predicted molar refractivity (Wildman–Crippen MR) is 70.3 cm³/mol. The fraction of sp³-hybridized carbons (Fsp3) is 0.500. The zero-order valence-corrected chi connectivity index (χ0v) is 10.5. The molecule has 0 radical (unpaired) electrons. The average molecular weight is 251 g/mol. The fourth-order valence-electron chi connectivity index (χ4n) is 2.32. The molecule has 0 aliphatic carbocycles. The molecule has 2 rings (SSSR count). The van der Waals surface area contributed by atoms with Gasteiger partial charge in [0.2, 0.25) is 0 Å². The van der Waals surface area contributed by atoms with Crippen LogP contribution in [0.3, 0.4) is 0 Å². The van der Waals surface area contributed by atoms with Gasteiger partial charge in [0.25, 0.3) is 0 Å². The molecule has 1 heterocycles. The number of benzene rings is 1. The monoisotopic (exact) mass is 251 g/mol. The van der Waals surface area contributed by atoms with Gasteiger partial charge in [0.15, 0.2) is 0 Å². The first-order valence-electron chi connectivity index (χ1n) is 5.90. The minimum absolute atomic E-state index is 0.136. The lowest BCUT2D eigenvalue weighted by molar-refractivity contribution is -0.383. The van der Waals surface area contributed by atoms with Crippen LogP contribution in [-0.4, -0.2) is 38.3 Å². The molecule has 98 valence electrons. The van der Waals surface area contributed by atoms with Crippen LogP contribution in [-0.2, 0) is 4.74 Å². The van der Waals surface area contributed by atoms with Gasteiger partial charge in [-0.25, -0.2) is 0 Å². The molecule has 1 N–H and O–H groups in total. The van der Waals surface area contributed by atoms with Gasteiger partial charge >= 0.3 is 5.69 Å². The zero-order chi connectivity index (χ0) is 13.1. The molecule has 0 spiro atoms. The number of rotatable bonds is 4. The first kappa shape index (κ1) is 12.6. The first-order valence-corrected chi connectivity index (χ1v) is 5.90. The third-order valence-corrected chi connectivity index (χ3v) is 3.29. The molecule has 6 heteroatoms. The second-order valence-electron chi connectivity index (χ2n) is 4.27. The Bertz CT molecular complexity index is 450. The Morgan fingerprint density at radius 3 is 2.89 bits per heavy atom. The Morgan fingerprint density at radius 1 is 1.56 bits per heavy atom. The summed E-state index contributed by atoms with van der Waals surface area (Å²) >= 11 is 0. The van der Waals surface area contributed by atoms with Crippen LogP contribution in [0.1, 0.15) is 6.42 Å². The highest BCUT2D eigenvalue weighted by Gasteiger charge is 2.29. The summed E-state index contributed by atoms with van der Waals surface area (Å²) in [4.78, 5) is 12.9. The molecule has 0 amide bonds. The van der Waals surface area contributed by atoms with Crippen LogP contribution in [0.15, 0.2) is 18.2 Å². The molecule has 0 saturated carbocycles. The zero-order valence-electron chi connectivity index (χ0n) is 10.5. The van der Waals surface area contributed by atoms with E-state index in [4.69, 9.17) is 4.74 Å². The van der Waals surface area contributed by atoms with Gasteiger partial charge in [-0.2, -0.15) is 0 Å². The minimum Gasteiger partial charge on any atom is -0.382 e. The summed E-state index contributed by atoms with van der Waals surface area (Å²) in [5.41, 5.74) is 1.33. The first-order chi connectivity index (χ1) is 8.67. The minimum atomic E-state index is -0.332. The normalized spacial score (nSPS) is 19.0. The summed E-state index contributed by atoms with van der Waals surface area (Å²) in [6.45, 7) is 1.48. The third kappa shape index (κ3) is 2.24. The van der Waals surface area contributed by atoms with Crippen molar-refractivity contribution < 1.29 is 9.66 Å². The summed E-state index contributed by atoms with van der Waals surface area (Å²) in [6.07, 6.45) is 1.06. The van der Waals surface area contributed by atoms with Crippen LogP contribution in [0.25, 0.3) is 0 Å². The van der Waals surface area contributed by atoms with Crippen LogP contribution < -0.4 is 10.2 Å². The maximum atomic E-state index is 11.2. The van der Waals surface area contributed by atoms with Crippen LogP contribution in [0.2, 0.25) is 0 Å². The number of hydrogen-bond donors (Lipinski definition) is 1. The fourth-order valence-corrected chi connectivity index (χ4v) is 2.32. The second kappa shape index (κ2) is 5.22. The Kier molecular flexibility index (Phi) is 3.66. The third-order valence-electron chi connectivity index (χ3n) is 3.29. The van der Waals surface area contributed by atoms with E-state index in [-0.39, 0.29) is 16.7 Å². The number of methoxy groups -OCH3 is 1. The van der Waals surface area contributed by atoms with E-state index in [0.717, 1.165) is 13.0 Å². The van der Waals surface area contributed by atoms with E-state index >= 15 is 0 Å². The van der Waals surface area contributed by atoms with Gasteiger partial charge in [0, 0.05) is 27.2 Å². The van der Waals surface area contributed by atoms with Crippen molar-refractivity contribution in [3.8, 4) is 0 Å². The van der Waals surface area contributed by atoms with Crippen molar-refractivity contribution in [2.45, 2.75) is 12.5 Å². The molecular weight excluding hydrogens is 234 g/mol. The number of nitro groups is 1. The van der Waals surface area contributed by atoms with Crippen LogP contribution >= 0.6 is 0 Å². The highest BCUT2D eigenvalue weighted by Crippen LogP contribution is 2.36. The second-order valence-corrected chi connectivity index (χ2v) is 4.27. The lowest BCUT2D eigenvalue weighted by Gasteiger charge is -2.19. The van der Waals surface area contributed by atoms with Crippen molar-refractivity contribution in [2.75, 3.05) is 37.5 Å². The number of hydrogen-bond acceptors (Lipinski definition) is 5. The van der Waals surface area contributed by atoms with Gasteiger partial charge in [-0.1, -0.05) is 6.07 Å². The van der Waals surface area contributed by atoms with Crippen molar-refractivity contribution in [1.29, 1.82) is 0 Å². The molecule has 1 fully saturated rings. The topological polar surface area (TPSA) is 67.6 Å². The molecule has 1 aliphatic rings. The molecule has 0 bridgehead atoms. The number of nitro benzene ring substituents is 1. The molecule has 18 heavy (non-hydrogen) atoms. The quantitative estimate of drug-likeness (QED) is 0.653. The standard InChI is InChI=1S/C12H17N3O3/c1-13-10-4-3-5-11(12(10)15(16)17)14-7-6-9(8-14)18-2/h3-5,9,13H,6-8H2,1-2H3. The summed E-state index contributed by atoms with van der Waals surface area (Å²) in [6, 6.07) is 5.33. The maximum Gasteiger partial charge on any atom is 0.315 e. The molecule has 6 nitrogen and oxygen atoms in total. The van der Waals surface area contributed by atoms with Crippen LogP contribution in [0.4, 0.5) is 17.1 Å². The Hall–Kier alpha value is -1.82. The Morgan fingerprint density at radius 2 is 2.33 bits per heavy atom. The summed E-state index contributed by atoms with van der Waals surface area (Å²) in [5.74, 6) is 0. The van der Waals surface area contributed by atoms with E-state index in [0.29, 0.717) is 17.9 Å². The van der Waals surface area contributed by atoms with Crippen molar-refractivity contribution in [1.82, 2.24) is 0 Å². The lowest BCUT2D eigenvalue weighted by atomic mass is 10.2. The number of nitrogens with zero attached hydrogens (tertiary/aromatic N) is 2. The highest BCUT2D eigenvalue weighted by atomic mass is 16.6. The van der Waals surface area contributed by atoms with Crippen molar-refractivity contribution in [3.63, 3.8) is 0 Å². The van der Waals surface area contributed by atoms with Gasteiger partial charge in [-0.05, 0) is 18.6 Å². The molecule has 1 aliphatic heterocycles. The lowest BCUT2D eigenvalue weighted by Crippen LogP contribution is -2.23. The van der Waals surface area contributed by atoms with E-state index in [1.807, 2.05) is 11.0 Å². The van der Waals surface area contributed by atoms with Crippen molar-refractivity contribution in [3.05, 3.63) is 28.3 Å². The smallest absolute Gasteiger partial charge is 0.315 e. The number of nitrogens with one attached hydrogen (secondary N) is 1. The van der Waals surface area contributed by atoms with E-state index in [1.165, 1.54) is 0 Å². The molecular formula is C12H17N3O3. The average Bonchev–Trinajstić information content (AvgIpc) is 2.86. The Labute approximate surface area is 106 Å². The van der Waals surface area contributed by atoms with Crippen molar-refractivity contribution in [2.24, 2.45) is 0 Å². The van der Waals surface area contributed by atoms with E-state index in [9.17, 15) is 10.1 Å². The molecule has 1 aromatic rings. The van der Waals surface area contributed by atoms with Gasteiger partial charge in [-0.15, -0.1) is 0 Å². The van der Waals surface area contributed by atoms with Gasteiger partial charge < -0.3 is 15.0 Å². The summed E-state index contributed by atoms with van der Waals surface area (Å²) < 4.78 is 5.29. The summed E-state index contributed by atoms with van der Waals surface area (Å²) in [7, 11) is 3.36. The SMILES string of the molecule is CNc1cccc(N2CCC(OC)C2)c1[N+](=O)[O-]. The number of para-hydroxylation sites is 1. The van der Waals surface area contributed by atoms with E-state index in [1.54, 1.807) is 26.3 Å². The number of ether oxygens (including phenoxy) is 1. The molecule has 1 saturated heterocycles. The van der Waals surface area contributed by atoms with Crippen LogP contribution in [0.5, 0.6) is 0 Å². The summed E-state index contributed by atoms with van der Waals surface area (Å²) in [5, 5.41) is 14.1. The molecule has 1 aromatic carbocycles. The van der Waals surface area contributed by atoms with Gasteiger partial charge in [-0.3, -0.25) is 10.1 Å². The largest absolute Gasteiger partial charge is 0.382 e. The van der Waals surface area contributed by atoms with E-state index < -0.39 is 0 Å². The maximum absolute atomic E-state index is 11.2. The van der Waals surface area contributed by atoms with E-state index in [2.05, 4.69) is 5.32 Å². The molecule has 1 unspecified atom stereocenters. The molecule has 1 atom stereocenters.